The number of pyridine rings is 1. The fourth-order valence-corrected chi connectivity index (χ4v) is 3.61. The normalized spacial score (nSPS) is 10.9. The second-order valence-electron chi connectivity index (χ2n) is 7.16. The minimum Gasteiger partial charge on any atom is -0.310 e. The van der Waals surface area contributed by atoms with Crippen LogP contribution in [0.25, 0.3) is 22.2 Å². The van der Waals surface area contributed by atoms with Crippen molar-refractivity contribution >= 4 is 34.2 Å². The van der Waals surface area contributed by atoms with Crippen LogP contribution in [0.3, 0.4) is 0 Å². The second-order valence-corrected chi connectivity index (χ2v) is 7.59. The largest absolute Gasteiger partial charge is 0.330 e. The standard InChI is InChI=1S/C23H19ClN4O3/c1-27-18-7-3-5-15(21(18)22(30)28(2)23(27)31)13-20(29)26-19-8-4-6-17(25-19)14-9-11-16(24)12-10-14/h3-12H,13H2,1-2H3,(H,25,26,29). The summed E-state index contributed by atoms with van der Waals surface area (Å²) in [7, 11) is 3.02. The summed E-state index contributed by atoms with van der Waals surface area (Å²) in [5, 5.41) is 3.77. The number of amides is 1. The Hall–Kier alpha value is -3.71. The van der Waals surface area contributed by atoms with Gasteiger partial charge in [0.15, 0.2) is 0 Å². The fourth-order valence-electron chi connectivity index (χ4n) is 3.49. The van der Waals surface area contributed by atoms with Gasteiger partial charge >= 0.3 is 5.69 Å². The number of halogens is 1. The molecule has 7 nitrogen and oxygen atoms in total. The zero-order chi connectivity index (χ0) is 22.1. The molecule has 0 saturated carbocycles. The minimum absolute atomic E-state index is 0.0301. The van der Waals surface area contributed by atoms with Gasteiger partial charge in [-0.25, -0.2) is 9.78 Å². The quantitative estimate of drug-likeness (QED) is 0.534. The Bertz CT molecular complexity index is 1420. The van der Waals surface area contributed by atoms with Gasteiger partial charge in [-0.15, -0.1) is 0 Å². The summed E-state index contributed by atoms with van der Waals surface area (Å²) in [6.45, 7) is 0. The van der Waals surface area contributed by atoms with Crippen LogP contribution in [0.15, 0.2) is 70.3 Å². The van der Waals surface area contributed by atoms with E-state index in [-0.39, 0.29) is 12.3 Å². The Labute approximate surface area is 182 Å². The van der Waals surface area contributed by atoms with Crippen molar-refractivity contribution in [2.75, 3.05) is 5.32 Å². The summed E-state index contributed by atoms with van der Waals surface area (Å²) in [5.41, 5.74) is 1.76. The van der Waals surface area contributed by atoms with Gasteiger partial charge in [0, 0.05) is 24.7 Å². The van der Waals surface area contributed by atoms with E-state index in [1.54, 1.807) is 49.5 Å². The van der Waals surface area contributed by atoms with Crippen molar-refractivity contribution in [1.29, 1.82) is 0 Å². The Kier molecular flexibility index (Phi) is 5.44. The third kappa shape index (κ3) is 4.00. The third-order valence-electron chi connectivity index (χ3n) is 5.09. The number of hydrogen-bond acceptors (Lipinski definition) is 4. The van der Waals surface area contributed by atoms with Crippen molar-refractivity contribution in [1.82, 2.24) is 14.1 Å². The Morgan fingerprint density at radius 3 is 2.42 bits per heavy atom. The molecule has 0 spiro atoms. The molecular weight excluding hydrogens is 416 g/mol. The number of anilines is 1. The van der Waals surface area contributed by atoms with Gasteiger partial charge in [-0.2, -0.15) is 0 Å². The lowest BCUT2D eigenvalue weighted by Crippen LogP contribution is -2.37. The number of nitrogens with zero attached hydrogens (tertiary/aromatic N) is 3. The monoisotopic (exact) mass is 434 g/mol. The van der Waals surface area contributed by atoms with Crippen molar-refractivity contribution in [3.05, 3.63) is 92.1 Å². The zero-order valence-corrected chi connectivity index (χ0v) is 17.7. The molecular formula is C23H19ClN4O3. The molecule has 0 radical (unpaired) electrons. The Balaban J connectivity index is 1.62. The molecule has 0 fully saturated rings. The number of hydrogen-bond donors (Lipinski definition) is 1. The summed E-state index contributed by atoms with van der Waals surface area (Å²) in [5.74, 6) is 0.0853. The van der Waals surface area contributed by atoms with Crippen LogP contribution < -0.4 is 16.6 Å². The van der Waals surface area contributed by atoms with Crippen molar-refractivity contribution in [2.45, 2.75) is 6.42 Å². The van der Waals surface area contributed by atoms with Gasteiger partial charge in [-0.1, -0.05) is 41.9 Å². The van der Waals surface area contributed by atoms with E-state index in [1.165, 1.54) is 11.6 Å². The van der Waals surface area contributed by atoms with Crippen LogP contribution in [0, 0.1) is 0 Å². The first-order valence-electron chi connectivity index (χ1n) is 9.55. The highest BCUT2D eigenvalue weighted by Gasteiger charge is 2.15. The Morgan fingerprint density at radius 2 is 1.68 bits per heavy atom. The molecule has 2 aromatic heterocycles. The van der Waals surface area contributed by atoms with E-state index < -0.39 is 11.2 Å². The number of carbonyl (C=O) groups is 1. The van der Waals surface area contributed by atoms with Crippen molar-refractivity contribution < 1.29 is 4.79 Å². The zero-order valence-electron chi connectivity index (χ0n) is 16.9. The number of rotatable bonds is 4. The molecule has 8 heteroatoms. The van der Waals surface area contributed by atoms with Crippen molar-refractivity contribution in [2.24, 2.45) is 14.1 Å². The molecule has 0 aliphatic carbocycles. The molecule has 4 rings (SSSR count). The second kappa shape index (κ2) is 8.20. The predicted octanol–water partition coefficient (Wildman–Crippen LogP) is 3.13. The van der Waals surface area contributed by atoms with Crippen LogP contribution in [0.2, 0.25) is 5.02 Å². The lowest BCUT2D eigenvalue weighted by Gasteiger charge is -2.11. The smallest absolute Gasteiger partial charge is 0.310 e. The van der Waals surface area contributed by atoms with E-state index in [0.717, 1.165) is 10.1 Å². The van der Waals surface area contributed by atoms with E-state index >= 15 is 0 Å². The highest BCUT2D eigenvalue weighted by Crippen LogP contribution is 2.21. The maximum Gasteiger partial charge on any atom is 0.330 e. The van der Waals surface area contributed by atoms with Crippen LogP contribution in [0.5, 0.6) is 0 Å². The van der Waals surface area contributed by atoms with E-state index in [4.69, 9.17) is 11.6 Å². The Morgan fingerprint density at radius 1 is 0.968 bits per heavy atom. The number of fused-ring (bicyclic) bond motifs is 1. The molecule has 4 aromatic rings. The molecule has 2 aromatic carbocycles. The molecule has 2 heterocycles. The van der Waals surface area contributed by atoms with E-state index in [1.807, 2.05) is 18.2 Å². The van der Waals surface area contributed by atoms with Gasteiger partial charge < -0.3 is 5.32 Å². The SMILES string of the molecule is Cn1c(=O)c2c(CC(=O)Nc3cccc(-c4ccc(Cl)cc4)n3)cccc2n(C)c1=O. The first kappa shape index (κ1) is 20.6. The molecule has 0 atom stereocenters. The summed E-state index contributed by atoms with van der Waals surface area (Å²) in [4.78, 5) is 42.1. The van der Waals surface area contributed by atoms with Crippen LogP contribution in [-0.4, -0.2) is 20.0 Å². The number of carbonyl (C=O) groups excluding carboxylic acids is 1. The molecule has 1 amide bonds. The lowest BCUT2D eigenvalue weighted by molar-refractivity contribution is -0.115. The maximum atomic E-state index is 12.7. The molecule has 31 heavy (non-hydrogen) atoms. The molecule has 0 saturated heterocycles. The number of nitrogens with one attached hydrogen (secondary N) is 1. The third-order valence-corrected chi connectivity index (χ3v) is 5.34. The van der Waals surface area contributed by atoms with Gasteiger partial charge in [-0.3, -0.25) is 18.7 Å². The minimum atomic E-state index is -0.427. The van der Waals surface area contributed by atoms with Gasteiger partial charge in [0.2, 0.25) is 5.91 Å². The van der Waals surface area contributed by atoms with Crippen LogP contribution in [0.1, 0.15) is 5.56 Å². The van der Waals surface area contributed by atoms with E-state index in [2.05, 4.69) is 10.3 Å². The van der Waals surface area contributed by atoms with Gasteiger partial charge in [0.1, 0.15) is 5.82 Å². The molecule has 0 unspecified atom stereocenters. The number of aryl methyl sites for hydroxylation is 1. The summed E-state index contributed by atoms with van der Waals surface area (Å²) >= 11 is 5.94. The van der Waals surface area contributed by atoms with Crippen LogP contribution in [0.4, 0.5) is 5.82 Å². The predicted molar refractivity (Wildman–Crippen MR) is 121 cm³/mol. The van der Waals surface area contributed by atoms with Gasteiger partial charge in [0.05, 0.1) is 23.0 Å². The summed E-state index contributed by atoms with van der Waals surface area (Å²) in [6.07, 6.45) is -0.0301. The molecule has 0 bridgehead atoms. The van der Waals surface area contributed by atoms with Gasteiger partial charge in [-0.05, 0) is 35.9 Å². The number of aromatic nitrogens is 3. The molecule has 1 N–H and O–H groups in total. The highest BCUT2D eigenvalue weighted by molar-refractivity contribution is 6.30. The van der Waals surface area contributed by atoms with E-state index in [9.17, 15) is 14.4 Å². The fraction of sp³-hybridized carbons (Fsp3) is 0.130. The average Bonchev–Trinajstić information content (AvgIpc) is 2.76. The number of benzene rings is 2. The van der Waals surface area contributed by atoms with Gasteiger partial charge in [0.25, 0.3) is 5.56 Å². The van der Waals surface area contributed by atoms with Crippen molar-refractivity contribution in [3.63, 3.8) is 0 Å². The highest BCUT2D eigenvalue weighted by atomic mass is 35.5. The van der Waals surface area contributed by atoms with Crippen molar-refractivity contribution in [3.8, 4) is 11.3 Å². The van der Waals surface area contributed by atoms with Crippen LogP contribution in [-0.2, 0) is 25.3 Å². The maximum absolute atomic E-state index is 12.7. The topological polar surface area (TPSA) is 86.0 Å². The summed E-state index contributed by atoms with van der Waals surface area (Å²) in [6, 6.07) is 17.7. The molecule has 0 aliphatic rings. The van der Waals surface area contributed by atoms with Crippen LogP contribution >= 0.6 is 11.6 Å². The molecule has 0 aliphatic heterocycles. The van der Waals surface area contributed by atoms with E-state index in [0.29, 0.717) is 33.0 Å². The molecule has 156 valence electrons. The summed E-state index contributed by atoms with van der Waals surface area (Å²) < 4.78 is 2.44. The first-order chi connectivity index (χ1) is 14.8. The lowest BCUT2D eigenvalue weighted by atomic mass is 10.1. The first-order valence-corrected chi connectivity index (χ1v) is 9.93. The average molecular weight is 435 g/mol.